The number of aryl methyl sites for hydroxylation is 1. The molecule has 0 N–H and O–H groups in total. The Morgan fingerprint density at radius 3 is 2.85 bits per heavy atom. The highest BCUT2D eigenvalue weighted by Gasteiger charge is 2.35. The fourth-order valence-corrected chi connectivity index (χ4v) is 4.33. The van der Waals surface area contributed by atoms with Gasteiger partial charge in [0.05, 0.1) is 16.9 Å². The lowest BCUT2D eigenvalue weighted by molar-refractivity contribution is -0.136. The Balaban J connectivity index is 1.49. The van der Waals surface area contributed by atoms with Gasteiger partial charge in [-0.1, -0.05) is 6.07 Å². The van der Waals surface area contributed by atoms with Gasteiger partial charge in [-0.15, -0.1) is 22.7 Å². The summed E-state index contributed by atoms with van der Waals surface area (Å²) >= 11 is 2.90. The number of carbonyl (C=O) groups is 2. The van der Waals surface area contributed by atoms with Crippen LogP contribution >= 0.6 is 22.7 Å². The lowest BCUT2D eigenvalue weighted by atomic mass is 10.1. The van der Waals surface area contributed by atoms with E-state index in [9.17, 15) is 9.59 Å². The number of hydrazone groups is 1. The maximum atomic E-state index is 12.7. The van der Waals surface area contributed by atoms with E-state index in [1.165, 1.54) is 16.3 Å². The second-order valence-corrected chi connectivity index (χ2v) is 8.22. The molecule has 1 amide bonds. The molecule has 1 aliphatic heterocycles. The minimum absolute atomic E-state index is 0.340. The molecule has 1 atom stereocenters. The van der Waals surface area contributed by atoms with Gasteiger partial charge in [0, 0.05) is 11.3 Å². The van der Waals surface area contributed by atoms with Crippen molar-refractivity contribution in [1.29, 1.82) is 0 Å². The summed E-state index contributed by atoms with van der Waals surface area (Å²) in [5.74, 6) is -0.235. The number of carbonyl (C=O) groups excluding carboxylic acids is 2. The first-order valence-corrected chi connectivity index (χ1v) is 10.0. The molecule has 0 bridgehead atoms. The van der Waals surface area contributed by atoms with E-state index < -0.39 is 5.97 Å². The Kier molecular flexibility index (Phi) is 4.91. The first-order chi connectivity index (χ1) is 13.1. The SMILES string of the molecule is Cc1ccc(C(=O)OCC(=O)N2N=C(c3cccs3)CC2c2ccco2)s1. The van der Waals surface area contributed by atoms with Gasteiger partial charge in [-0.25, -0.2) is 9.80 Å². The van der Waals surface area contributed by atoms with Crippen LogP contribution in [0.5, 0.6) is 0 Å². The van der Waals surface area contributed by atoms with Gasteiger partial charge in [0.15, 0.2) is 6.61 Å². The van der Waals surface area contributed by atoms with Crippen LogP contribution in [0.4, 0.5) is 0 Å². The zero-order valence-electron chi connectivity index (χ0n) is 14.5. The Morgan fingerprint density at radius 1 is 1.30 bits per heavy atom. The smallest absolute Gasteiger partial charge is 0.348 e. The second-order valence-electron chi connectivity index (χ2n) is 5.98. The number of furan rings is 1. The minimum atomic E-state index is -0.502. The van der Waals surface area contributed by atoms with E-state index in [-0.39, 0.29) is 18.6 Å². The topological polar surface area (TPSA) is 72.1 Å². The van der Waals surface area contributed by atoms with Crippen LogP contribution in [0.1, 0.15) is 37.6 Å². The van der Waals surface area contributed by atoms with Crippen LogP contribution in [0.15, 0.2) is 57.6 Å². The number of hydrogen-bond acceptors (Lipinski definition) is 7. The maximum Gasteiger partial charge on any atom is 0.348 e. The number of amides is 1. The Hall–Kier alpha value is -2.71. The summed E-state index contributed by atoms with van der Waals surface area (Å²) in [6, 6.07) is 10.7. The predicted molar refractivity (Wildman–Crippen MR) is 103 cm³/mol. The van der Waals surface area contributed by atoms with Gasteiger partial charge in [0.1, 0.15) is 16.7 Å². The van der Waals surface area contributed by atoms with Gasteiger partial charge < -0.3 is 9.15 Å². The molecule has 3 aromatic heterocycles. The lowest BCUT2D eigenvalue weighted by Gasteiger charge is -2.19. The molecular formula is C19H16N2O4S2. The van der Waals surface area contributed by atoms with Crippen LogP contribution in [0.2, 0.25) is 0 Å². The standard InChI is InChI=1S/C19H16N2O4S2/c1-12-6-7-17(27-12)19(23)25-11-18(22)21-14(15-4-2-8-24-15)10-13(20-21)16-5-3-9-26-16/h2-9,14H,10-11H2,1H3. The molecule has 0 spiro atoms. The molecule has 1 unspecified atom stereocenters. The molecule has 4 heterocycles. The number of ether oxygens (including phenoxy) is 1. The number of rotatable bonds is 5. The summed E-state index contributed by atoms with van der Waals surface area (Å²) in [6.45, 7) is 1.54. The van der Waals surface area contributed by atoms with E-state index in [1.807, 2.05) is 36.6 Å². The molecule has 3 aromatic rings. The molecule has 27 heavy (non-hydrogen) atoms. The third-order valence-corrected chi connectivity index (χ3v) is 6.01. The average molecular weight is 400 g/mol. The van der Waals surface area contributed by atoms with Crippen molar-refractivity contribution in [2.24, 2.45) is 5.10 Å². The van der Waals surface area contributed by atoms with Crippen molar-refractivity contribution in [1.82, 2.24) is 5.01 Å². The van der Waals surface area contributed by atoms with E-state index in [1.54, 1.807) is 29.7 Å². The molecule has 4 rings (SSSR count). The molecule has 8 heteroatoms. The third-order valence-electron chi connectivity index (χ3n) is 4.11. The maximum absolute atomic E-state index is 12.7. The highest BCUT2D eigenvalue weighted by Crippen LogP contribution is 2.34. The summed E-state index contributed by atoms with van der Waals surface area (Å²) in [6.07, 6.45) is 2.12. The lowest BCUT2D eigenvalue weighted by Crippen LogP contribution is -2.31. The van der Waals surface area contributed by atoms with Crippen LogP contribution in [0, 0.1) is 6.92 Å². The molecule has 0 aromatic carbocycles. The van der Waals surface area contributed by atoms with Crippen molar-refractivity contribution in [3.63, 3.8) is 0 Å². The number of esters is 1. The fourth-order valence-electron chi connectivity index (χ4n) is 2.84. The minimum Gasteiger partial charge on any atom is -0.467 e. The Morgan fingerprint density at radius 2 is 2.19 bits per heavy atom. The molecule has 1 aliphatic rings. The quantitative estimate of drug-likeness (QED) is 0.601. The van der Waals surface area contributed by atoms with Gasteiger partial charge in [-0.05, 0) is 42.6 Å². The molecular weight excluding hydrogens is 384 g/mol. The van der Waals surface area contributed by atoms with Gasteiger partial charge in [0.25, 0.3) is 5.91 Å². The summed E-state index contributed by atoms with van der Waals surface area (Å²) in [5.41, 5.74) is 0.819. The predicted octanol–water partition coefficient (Wildman–Crippen LogP) is 4.25. The van der Waals surface area contributed by atoms with Crippen LogP contribution in [0.3, 0.4) is 0 Å². The van der Waals surface area contributed by atoms with Crippen molar-refractivity contribution >= 4 is 40.3 Å². The molecule has 0 saturated heterocycles. The van der Waals surface area contributed by atoms with Crippen LogP contribution in [-0.2, 0) is 9.53 Å². The van der Waals surface area contributed by atoms with E-state index >= 15 is 0 Å². The first-order valence-electron chi connectivity index (χ1n) is 8.32. The Labute approximate surface area is 163 Å². The van der Waals surface area contributed by atoms with E-state index in [4.69, 9.17) is 9.15 Å². The zero-order valence-corrected chi connectivity index (χ0v) is 16.1. The normalized spacial score (nSPS) is 16.4. The van der Waals surface area contributed by atoms with Crippen molar-refractivity contribution in [2.75, 3.05) is 6.61 Å². The third kappa shape index (κ3) is 3.72. The van der Waals surface area contributed by atoms with Crippen molar-refractivity contribution in [3.05, 3.63) is 68.4 Å². The van der Waals surface area contributed by atoms with Crippen molar-refractivity contribution in [2.45, 2.75) is 19.4 Å². The van der Waals surface area contributed by atoms with Crippen LogP contribution < -0.4 is 0 Å². The van der Waals surface area contributed by atoms with Crippen LogP contribution in [-0.4, -0.2) is 29.2 Å². The molecule has 0 radical (unpaired) electrons. The molecule has 0 saturated carbocycles. The largest absolute Gasteiger partial charge is 0.467 e. The summed E-state index contributed by atoms with van der Waals surface area (Å²) in [4.78, 5) is 27.3. The highest BCUT2D eigenvalue weighted by molar-refractivity contribution is 7.13. The van der Waals surface area contributed by atoms with Crippen molar-refractivity contribution in [3.8, 4) is 0 Å². The summed E-state index contributed by atoms with van der Waals surface area (Å²) in [5, 5.41) is 7.81. The molecule has 0 aliphatic carbocycles. The number of nitrogens with zero attached hydrogens (tertiary/aromatic N) is 2. The summed E-state index contributed by atoms with van der Waals surface area (Å²) < 4.78 is 10.7. The van der Waals surface area contributed by atoms with Gasteiger partial charge >= 0.3 is 5.97 Å². The van der Waals surface area contributed by atoms with Gasteiger partial charge in [0.2, 0.25) is 0 Å². The van der Waals surface area contributed by atoms with Gasteiger partial charge in [-0.2, -0.15) is 5.10 Å². The monoisotopic (exact) mass is 400 g/mol. The molecule has 138 valence electrons. The first kappa shape index (κ1) is 17.7. The fraction of sp³-hybridized carbons (Fsp3) is 0.211. The number of hydrogen-bond donors (Lipinski definition) is 0. The second kappa shape index (κ2) is 7.50. The van der Waals surface area contributed by atoms with E-state index in [0.717, 1.165) is 15.5 Å². The molecule has 6 nitrogen and oxygen atoms in total. The van der Waals surface area contributed by atoms with E-state index in [0.29, 0.717) is 17.1 Å². The highest BCUT2D eigenvalue weighted by atomic mass is 32.1. The average Bonchev–Trinajstić information content (AvgIpc) is 3.45. The Bertz CT molecular complexity index is 973. The van der Waals surface area contributed by atoms with Crippen LogP contribution in [0.25, 0.3) is 0 Å². The summed E-state index contributed by atoms with van der Waals surface area (Å²) in [7, 11) is 0. The molecule has 0 fully saturated rings. The van der Waals surface area contributed by atoms with E-state index in [2.05, 4.69) is 5.10 Å². The van der Waals surface area contributed by atoms with Crippen molar-refractivity contribution < 1.29 is 18.7 Å². The van der Waals surface area contributed by atoms with Gasteiger partial charge in [-0.3, -0.25) is 4.79 Å². The number of thiophene rings is 2. The zero-order chi connectivity index (χ0) is 18.8.